The monoisotopic (exact) mass is 450 g/mol. The van der Waals surface area contributed by atoms with E-state index in [4.69, 9.17) is 11.6 Å². The van der Waals surface area contributed by atoms with Crippen molar-refractivity contribution in [2.24, 2.45) is 0 Å². The molecule has 1 aromatic carbocycles. The highest BCUT2D eigenvalue weighted by Crippen LogP contribution is 2.36. The van der Waals surface area contributed by atoms with Gasteiger partial charge in [-0.25, -0.2) is 4.79 Å². The molecule has 1 aliphatic rings. The molecule has 0 saturated carbocycles. The van der Waals surface area contributed by atoms with Crippen molar-refractivity contribution in [1.29, 1.82) is 0 Å². The van der Waals surface area contributed by atoms with Crippen molar-refractivity contribution in [3.63, 3.8) is 0 Å². The fraction of sp³-hybridized carbons (Fsp3) is 0.250. The van der Waals surface area contributed by atoms with Gasteiger partial charge in [-0.3, -0.25) is 0 Å². The summed E-state index contributed by atoms with van der Waals surface area (Å²) in [5.74, 6) is 1.40. The van der Waals surface area contributed by atoms with Gasteiger partial charge in [0.2, 0.25) is 0 Å². The quantitative estimate of drug-likeness (QED) is 0.646. The van der Waals surface area contributed by atoms with Crippen LogP contribution in [0.1, 0.15) is 5.56 Å². The van der Waals surface area contributed by atoms with E-state index in [2.05, 4.69) is 15.5 Å². The molecule has 3 aromatic rings. The first-order chi connectivity index (χ1) is 14.8. The summed E-state index contributed by atoms with van der Waals surface area (Å²) in [5, 5.41) is 10.6. The maximum Gasteiger partial charge on any atom is 0.417 e. The predicted molar refractivity (Wildman–Crippen MR) is 111 cm³/mol. The van der Waals surface area contributed by atoms with E-state index >= 15 is 0 Å². The van der Waals surface area contributed by atoms with E-state index in [0.717, 1.165) is 12.1 Å². The number of carbonyl (C=O) groups excluding carboxylic acids is 1. The SMILES string of the molecule is O=C(Nc1ccc(Cl)c(C(F)(F)F)c1)N1CCN(c2ccc(-n3cccc3)nn2)CC1. The molecule has 0 aliphatic carbocycles. The van der Waals surface area contributed by atoms with Gasteiger partial charge in [-0.2, -0.15) is 13.2 Å². The molecule has 0 radical (unpaired) electrons. The van der Waals surface area contributed by atoms with Crippen LogP contribution in [0.2, 0.25) is 5.02 Å². The lowest BCUT2D eigenvalue weighted by atomic mass is 10.2. The van der Waals surface area contributed by atoms with Gasteiger partial charge < -0.3 is 19.7 Å². The van der Waals surface area contributed by atoms with Gasteiger partial charge in [0.25, 0.3) is 0 Å². The molecule has 0 unspecified atom stereocenters. The summed E-state index contributed by atoms with van der Waals surface area (Å²) in [6.45, 7) is 1.85. The largest absolute Gasteiger partial charge is 0.417 e. The number of piperazine rings is 1. The summed E-state index contributed by atoms with van der Waals surface area (Å²) in [6, 6.07) is 10.3. The van der Waals surface area contributed by atoms with Crippen molar-refractivity contribution in [3.8, 4) is 5.82 Å². The molecule has 2 amide bonds. The number of nitrogens with one attached hydrogen (secondary N) is 1. The first kappa shape index (κ1) is 21.0. The second-order valence-electron chi connectivity index (χ2n) is 6.94. The molecule has 0 atom stereocenters. The Kier molecular flexibility index (Phi) is 5.73. The highest BCUT2D eigenvalue weighted by atomic mass is 35.5. The predicted octanol–water partition coefficient (Wildman–Crippen LogP) is 4.29. The third-order valence-corrected chi connectivity index (χ3v) is 5.25. The summed E-state index contributed by atoms with van der Waals surface area (Å²) in [6.07, 6.45) is -0.847. The standard InChI is InChI=1S/C20H18ClF3N6O/c21-16-4-3-14(13-15(16)20(22,23)24)25-19(31)30-11-9-29(10-12-30)18-6-5-17(26-27-18)28-7-1-2-8-28/h1-8,13H,9-12H2,(H,25,31). The van der Waals surface area contributed by atoms with Crippen molar-refractivity contribution in [3.05, 3.63) is 65.4 Å². The third kappa shape index (κ3) is 4.74. The normalized spacial score (nSPS) is 14.6. The number of anilines is 2. The Balaban J connectivity index is 1.35. The van der Waals surface area contributed by atoms with Crippen molar-refractivity contribution in [2.45, 2.75) is 6.18 Å². The lowest BCUT2D eigenvalue weighted by Gasteiger charge is -2.35. The van der Waals surface area contributed by atoms with Crippen LogP contribution < -0.4 is 10.2 Å². The molecular weight excluding hydrogens is 433 g/mol. The summed E-state index contributed by atoms with van der Waals surface area (Å²) in [4.78, 5) is 16.0. The molecule has 3 heterocycles. The molecule has 1 aliphatic heterocycles. The van der Waals surface area contributed by atoms with E-state index in [-0.39, 0.29) is 5.69 Å². The molecule has 31 heavy (non-hydrogen) atoms. The average Bonchev–Trinajstić information content (AvgIpc) is 3.29. The van der Waals surface area contributed by atoms with Crippen molar-refractivity contribution in [1.82, 2.24) is 19.7 Å². The van der Waals surface area contributed by atoms with Crippen LogP contribution in [0.25, 0.3) is 5.82 Å². The van der Waals surface area contributed by atoms with Crippen LogP contribution >= 0.6 is 11.6 Å². The van der Waals surface area contributed by atoms with Crippen molar-refractivity contribution >= 4 is 29.1 Å². The van der Waals surface area contributed by atoms with E-state index < -0.39 is 22.8 Å². The smallest absolute Gasteiger partial charge is 0.352 e. The lowest BCUT2D eigenvalue weighted by Crippen LogP contribution is -2.50. The number of aromatic nitrogens is 3. The van der Waals surface area contributed by atoms with E-state index in [1.807, 2.05) is 46.1 Å². The van der Waals surface area contributed by atoms with Gasteiger partial charge >= 0.3 is 12.2 Å². The molecule has 7 nitrogen and oxygen atoms in total. The minimum atomic E-state index is -4.60. The minimum absolute atomic E-state index is 0.0376. The molecule has 0 spiro atoms. The van der Waals surface area contributed by atoms with Gasteiger partial charge in [-0.05, 0) is 42.5 Å². The molecule has 1 N–H and O–H groups in total. The molecule has 0 bridgehead atoms. The maximum absolute atomic E-state index is 13.0. The van der Waals surface area contributed by atoms with Crippen molar-refractivity contribution in [2.75, 3.05) is 36.4 Å². The van der Waals surface area contributed by atoms with E-state index in [1.165, 1.54) is 6.07 Å². The van der Waals surface area contributed by atoms with Gasteiger partial charge in [0.05, 0.1) is 10.6 Å². The first-order valence-electron chi connectivity index (χ1n) is 9.46. The number of amides is 2. The Labute approximate surface area is 181 Å². The van der Waals surface area contributed by atoms with Gasteiger partial charge in [-0.1, -0.05) is 11.6 Å². The second-order valence-corrected chi connectivity index (χ2v) is 7.34. The van der Waals surface area contributed by atoms with Crippen LogP contribution in [-0.2, 0) is 6.18 Å². The van der Waals surface area contributed by atoms with E-state index in [1.54, 1.807) is 4.90 Å². The van der Waals surface area contributed by atoms with Gasteiger partial charge in [-0.15, -0.1) is 10.2 Å². The fourth-order valence-corrected chi connectivity index (χ4v) is 3.50. The third-order valence-electron chi connectivity index (χ3n) is 4.92. The van der Waals surface area contributed by atoms with Crippen LogP contribution in [0.5, 0.6) is 0 Å². The second kappa shape index (κ2) is 8.46. The first-order valence-corrected chi connectivity index (χ1v) is 9.84. The number of rotatable bonds is 3. The number of alkyl halides is 3. The molecule has 162 valence electrons. The molecule has 1 fully saturated rings. The van der Waals surface area contributed by atoms with Crippen LogP contribution in [0.3, 0.4) is 0 Å². The highest BCUT2D eigenvalue weighted by molar-refractivity contribution is 6.31. The zero-order valence-electron chi connectivity index (χ0n) is 16.2. The summed E-state index contributed by atoms with van der Waals surface area (Å²) < 4.78 is 40.9. The van der Waals surface area contributed by atoms with Crippen molar-refractivity contribution < 1.29 is 18.0 Å². The zero-order chi connectivity index (χ0) is 22.0. The number of nitrogens with zero attached hydrogens (tertiary/aromatic N) is 5. The number of hydrogen-bond donors (Lipinski definition) is 1. The summed E-state index contributed by atoms with van der Waals surface area (Å²) >= 11 is 5.62. The highest BCUT2D eigenvalue weighted by Gasteiger charge is 2.33. The Morgan fingerprint density at radius 2 is 1.61 bits per heavy atom. The molecular formula is C20H18ClF3N6O. The Morgan fingerprint density at radius 1 is 0.968 bits per heavy atom. The number of carbonyl (C=O) groups is 1. The van der Waals surface area contributed by atoms with Crippen LogP contribution in [0, 0.1) is 0 Å². The number of halogens is 4. The summed E-state index contributed by atoms with van der Waals surface area (Å²) in [5.41, 5.74) is -0.950. The molecule has 1 saturated heterocycles. The average molecular weight is 451 g/mol. The molecule has 11 heteroatoms. The van der Waals surface area contributed by atoms with Gasteiger partial charge in [0.15, 0.2) is 11.6 Å². The number of hydrogen-bond acceptors (Lipinski definition) is 4. The zero-order valence-corrected chi connectivity index (χ0v) is 16.9. The Morgan fingerprint density at radius 3 is 2.23 bits per heavy atom. The topological polar surface area (TPSA) is 66.3 Å². The lowest BCUT2D eigenvalue weighted by molar-refractivity contribution is -0.137. The fourth-order valence-electron chi connectivity index (χ4n) is 3.27. The minimum Gasteiger partial charge on any atom is -0.352 e. The van der Waals surface area contributed by atoms with Crippen LogP contribution in [0.15, 0.2) is 54.9 Å². The van der Waals surface area contributed by atoms with Gasteiger partial charge in [0.1, 0.15) is 0 Å². The molecule has 4 rings (SSSR count). The van der Waals surface area contributed by atoms with Crippen LogP contribution in [-0.4, -0.2) is 51.9 Å². The number of urea groups is 1. The molecule has 2 aromatic heterocycles. The van der Waals surface area contributed by atoms with Crippen LogP contribution in [0.4, 0.5) is 29.5 Å². The maximum atomic E-state index is 13.0. The van der Waals surface area contributed by atoms with E-state index in [9.17, 15) is 18.0 Å². The van der Waals surface area contributed by atoms with E-state index in [0.29, 0.717) is 37.8 Å². The van der Waals surface area contributed by atoms with Gasteiger partial charge in [0, 0.05) is 44.3 Å². The summed E-state index contributed by atoms with van der Waals surface area (Å²) in [7, 11) is 0. The number of benzene rings is 1. The Bertz CT molecular complexity index is 1050. The Hall–Kier alpha value is -3.27.